The van der Waals surface area contributed by atoms with E-state index in [0.717, 1.165) is 38.0 Å². The third kappa shape index (κ3) is 4.33. The van der Waals surface area contributed by atoms with E-state index >= 15 is 0 Å². The van der Waals surface area contributed by atoms with Crippen LogP contribution in [0.15, 0.2) is 18.2 Å². The first-order chi connectivity index (χ1) is 10.6. The third-order valence-corrected chi connectivity index (χ3v) is 5.54. The fourth-order valence-electron chi connectivity index (χ4n) is 3.53. The van der Waals surface area contributed by atoms with Gasteiger partial charge in [0.05, 0.1) is 10.0 Å². The summed E-state index contributed by atoms with van der Waals surface area (Å²) in [7, 11) is 1.97. The average molecular weight is 378 g/mol. The maximum Gasteiger partial charge on any atom is 0.226 e. The SMILES string of the molecule is CNCC1CCCN(C(=O)C2CC2c2ccc(Cl)c(Cl)c2)C1.Cl. The standard InChI is InChI=1S/C17H22Cl2N2O.ClH/c1-20-9-11-3-2-6-21(10-11)17(22)14-8-13(14)12-4-5-15(18)16(19)7-12;/h4-5,7,11,13-14,20H,2-3,6,8-10H2,1H3;1H. The zero-order valence-corrected chi connectivity index (χ0v) is 15.6. The first kappa shape index (κ1) is 18.9. The van der Waals surface area contributed by atoms with Crippen molar-refractivity contribution >= 4 is 41.5 Å². The second-order valence-corrected chi connectivity index (χ2v) is 7.29. The molecule has 1 amide bonds. The Morgan fingerprint density at radius 2 is 2.13 bits per heavy atom. The number of carbonyl (C=O) groups excluding carboxylic acids is 1. The molecule has 0 radical (unpaired) electrons. The summed E-state index contributed by atoms with van der Waals surface area (Å²) in [6, 6.07) is 5.72. The summed E-state index contributed by atoms with van der Waals surface area (Å²) in [5.41, 5.74) is 1.14. The van der Waals surface area contributed by atoms with Crippen molar-refractivity contribution in [2.24, 2.45) is 11.8 Å². The molecule has 3 nitrogen and oxygen atoms in total. The van der Waals surface area contributed by atoms with Crippen LogP contribution in [0.1, 0.15) is 30.7 Å². The second-order valence-electron chi connectivity index (χ2n) is 6.47. The average Bonchev–Trinajstić information content (AvgIpc) is 3.30. The van der Waals surface area contributed by atoms with Crippen molar-refractivity contribution in [3.8, 4) is 0 Å². The molecule has 1 aliphatic heterocycles. The van der Waals surface area contributed by atoms with Crippen molar-refractivity contribution in [1.29, 1.82) is 0 Å². The predicted octanol–water partition coefficient (Wildman–Crippen LogP) is 3.98. The van der Waals surface area contributed by atoms with Crippen LogP contribution in [0.5, 0.6) is 0 Å². The Kier molecular flexibility index (Phi) is 6.61. The van der Waals surface area contributed by atoms with Gasteiger partial charge < -0.3 is 10.2 Å². The molecule has 0 spiro atoms. The molecule has 1 heterocycles. The van der Waals surface area contributed by atoms with Gasteiger partial charge in [0.1, 0.15) is 0 Å². The van der Waals surface area contributed by atoms with Crippen molar-refractivity contribution in [3.63, 3.8) is 0 Å². The largest absolute Gasteiger partial charge is 0.342 e. The number of nitrogens with one attached hydrogen (secondary N) is 1. The van der Waals surface area contributed by atoms with Gasteiger partial charge in [-0.3, -0.25) is 4.79 Å². The number of benzene rings is 1. The highest BCUT2D eigenvalue weighted by atomic mass is 35.5. The van der Waals surface area contributed by atoms with Crippen LogP contribution in [-0.2, 0) is 4.79 Å². The van der Waals surface area contributed by atoms with Gasteiger partial charge in [0.2, 0.25) is 5.91 Å². The number of halogens is 3. The fourth-order valence-corrected chi connectivity index (χ4v) is 3.84. The normalized spacial score (nSPS) is 26.6. The lowest BCUT2D eigenvalue weighted by atomic mass is 9.97. The number of amides is 1. The molecule has 0 aromatic heterocycles. The minimum Gasteiger partial charge on any atom is -0.342 e. The van der Waals surface area contributed by atoms with Crippen LogP contribution in [0.4, 0.5) is 0 Å². The van der Waals surface area contributed by atoms with Gasteiger partial charge in [-0.2, -0.15) is 0 Å². The summed E-state index contributed by atoms with van der Waals surface area (Å²) in [6.07, 6.45) is 3.26. The molecule has 1 aromatic rings. The molecule has 2 aliphatic rings. The molecule has 3 atom stereocenters. The van der Waals surface area contributed by atoms with Crippen LogP contribution >= 0.6 is 35.6 Å². The van der Waals surface area contributed by atoms with Gasteiger partial charge in [0.25, 0.3) is 0 Å². The van der Waals surface area contributed by atoms with E-state index in [0.29, 0.717) is 27.8 Å². The number of nitrogens with zero attached hydrogens (tertiary/aromatic N) is 1. The molecule has 2 fully saturated rings. The minimum atomic E-state index is 0. The van der Waals surface area contributed by atoms with E-state index in [2.05, 4.69) is 10.2 Å². The summed E-state index contributed by atoms with van der Waals surface area (Å²) in [4.78, 5) is 14.8. The smallest absolute Gasteiger partial charge is 0.226 e. The summed E-state index contributed by atoms with van der Waals surface area (Å²) in [5, 5.41) is 4.37. The van der Waals surface area contributed by atoms with Crippen molar-refractivity contribution in [3.05, 3.63) is 33.8 Å². The second kappa shape index (κ2) is 8.06. The highest BCUT2D eigenvalue weighted by Crippen LogP contribution is 2.49. The summed E-state index contributed by atoms with van der Waals surface area (Å²) in [5.74, 6) is 1.35. The van der Waals surface area contributed by atoms with E-state index in [-0.39, 0.29) is 18.3 Å². The van der Waals surface area contributed by atoms with E-state index in [4.69, 9.17) is 23.2 Å². The van der Waals surface area contributed by atoms with E-state index in [1.54, 1.807) is 0 Å². The summed E-state index contributed by atoms with van der Waals surface area (Å²) in [6.45, 7) is 2.79. The van der Waals surface area contributed by atoms with Gasteiger partial charge in [-0.05, 0) is 62.4 Å². The molecule has 1 saturated carbocycles. The Hall–Kier alpha value is -0.480. The van der Waals surface area contributed by atoms with Crippen LogP contribution in [0.25, 0.3) is 0 Å². The van der Waals surface area contributed by atoms with Crippen molar-refractivity contribution in [2.45, 2.75) is 25.2 Å². The van der Waals surface area contributed by atoms with Gasteiger partial charge in [-0.1, -0.05) is 29.3 Å². The highest BCUT2D eigenvalue weighted by molar-refractivity contribution is 6.42. The van der Waals surface area contributed by atoms with Crippen molar-refractivity contribution in [1.82, 2.24) is 10.2 Å². The molecular weight excluding hydrogens is 355 g/mol. The number of hydrogen-bond donors (Lipinski definition) is 1. The van der Waals surface area contributed by atoms with Gasteiger partial charge >= 0.3 is 0 Å². The molecule has 0 bridgehead atoms. The van der Waals surface area contributed by atoms with Crippen LogP contribution in [0.2, 0.25) is 10.0 Å². The number of rotatable bonds is 4. The summed E-state index contributed by atoms with van der Waals surface area (Å²) >= 11 is 12.0. The number of likely N-dealkylation sites (tertiary alicyclic amines) is 1. The molecule has 128 valence electrons. The first-order valence-electron chi connectivity index (χ1n) is 7.98. The maximum atomic E-state index is 12.7. The van der Waals surface area contributed by atoms with Crippen LogP contribution in [0, 0.1) is 11.8 Å². The van der Waals surface area contributed by atoms with Crippen LogP contribution in [-0.4, -0.2) is 37.5 Å². The van der Waals surface area contributed by atoms with Gasteiger partial charge in [0.15, 0.2) is 0 Å². The summed E-state index contributed by atoms with van der Waals surface area (Å²) < 4.78 is 0. The number of hydrogen-bond acceptors (Lipinski definition) is 2. The molecule has 1 aromatic carbocycles. The molecule has 1 saturated heterocycles. The Bertz CT molecular complexity index is 565. The molecule has 1 aliphatic carbocycles. The maximum absolute atomic E-state index is 12.7. The van der Waals surface area contributed by atoms with E-state index in [1.807, 2.05) is 25.2 Å². The monoisotopic (exact) mass is 376 g/mol. The zero-order valence-electron chi connectivity index (χ0n) is 13.2. The predicted molar refractivity (Wildman–Crippen MR) is 97.8 cm³/mol. The lowest BCUT2D eigenvalue weighted by molar-refractivity contribution is -0.134. The topological polar surface area (TPSA) is 32.3 Å². The first-order valence-corrected chi connectivity index (χ1v) is 8.74. The van der Waals surface area contributed by atoms with E-state index < -0.39 is 0 Å². The van der Waals surface area contributed by atoms with Crippen molar-refractivity contribution in [2.75, 3.05) is 26.7 Å². The lowest BCUT2D eigenvalue weighted by Gasteiger charge is -2.33. The molecule has 1 N–H and O–H groups in total. The highest BCUT2D eigenvalue weighted by Gasteiger charge is 2.46. The molecule has 3 unspecified atom stereocenters. The van der Waals surface area contributed by atoms with Crippen LogP contribution in [0.3, 0.4) is 0 Å². The third-order valence-electron chi connectivity index (χ3n) is 4.80. The lowest BCUT2D eigenvalue weighted by Crippen LogP contribution is -2.43. The zero-order chi connectivity index (χ0) is 15.7. The van der Waals surface area contributed by atoms with Crippen LogP contribution < -0.4 is 5.32 Å². The van der Waals surface area contributed by atoms with Gasteiger partial charge in [-0.15, -0.1) is 12.4 Å². The number of piperidine rings is 1. The fraction of sp³-hybridized carbons (Fsp3) is 0.588. The van der Waals surface area contributed by atoms with E-state index in [9.17, 15) is 4.79 Å². The quantitative estimate of drug-likeness (QED) is 0.861. The Morgan fingerprint density at radius 1 is 1.35 bits per heavy atom. The van der Waals surface area contributed by atoms with E-state index in [1.165, 1.54) is 6.42 Å². The number of carbonyl (C=O) groups is 1. The Labute approximate surface area is 154 Å². The molecular formula is C17H23Cl3N2O. The molecule has 23 heavy (non-hydrogen) atoms. The van der Waals surface area contributed by atoms with Crippen molar-refractivity contribution < 1.29 is 4.79 Å². The Balaban J connectivity index is 0.00000192. The van der Waals surface area contributed by atoms with Gasteiger partial charge in [-0.25, -0.2) is 0 Å². The molecule has 6 heteroatoms. The van der Waals surface area contributed by atoms with Gasteiger partial charge in [0, 0.05) is 19.0 Å². The molecule has 3 rings (SSSR count). The minimum absolute atomic E-state index is 0. The Morgan fingerprint density at radius 3 is 2.83 bits per heavy atom.